The van der Waals surface area contributed by atoms with Crippen molar-refractivity contribution in [3.8, 4) is 11.5 Å². The quantitative estimate of drug-likeness (QED) is 0.890. The van der Waals surface area contributed by atoms with Crippen molar-refractivity contribution in [1.29, 1.82) is 0 Å². The highest BCUT2D eigenvalue weighted by Crippen LogP contribution is 2.42. The monoisotopic (exact) mass is 346 g/mol. The number of nitrogens with zero attached hydrogens (tertiary/aromatic N) is 1. The van der Waals surface area contributed by atoms with Gasteiger partial charge in [-0.15, -0.1) is 0 Å². The number of anilines is 1. The molecule has 1 saturated carbocycles. The maximum atomic E-state index is 12.6. The summed E-state index contributed by atoms with van der Waals surface area (Å²) in [6.45, 7) is 3.85. The fourth-order valence-electron chi connectivity index (χ4n) is 3.36. The normalized spacial score (nSPS) is 23.1. The molecule has 2 aliphatic rings. The molecule has 1 aromatic carbocycles. The minimum absolute atomic E-state index is 0.129. The number of amides is 2. The van der Waals surface area contributed by atoms with Crippen LogP contribution < -0.4 is 14.8 Å². The molecule has 0 radical (unpaired) electrons. The molecule has 1 aliphatic carbocycles. The van der Waals surface area contributed by atoms with Gasteiger partial charge >= 0.3 is 0 Å². The molecule has 25 heavy (non-hydrogen) atoms. The second-order valence-corrected chi connectivity index (χ2v) is 7.01. The van der Waals surface area contributed by atoms with Crippen LogP contribution in [0.5, 0.6) is 11.5 Å². The van der Waals surface area contributed by atoms with Crippen LogP contribution in [0.15, 0.2) is 18.2 Å². The number of carbonyl (C=O) groups excluding carboxylic acids is 2. The minimum atomic E-state index is -0.247. The van der Waals surface area contributed by atoms with Crippen LogP contribution in [0.4, 0.5) is 5.69 Å². The van der Waals surface area contributed by atoms with Gasteiger partial charge in [0.15, 0.2) is 0 Å². The van der Waals surface area contributed by atoms with Gasteiger partial charge in [-0.25, -0.2) is 0 Å². The Morgan fingerprint density at radius 2 is 1.84 bits per heavy atom. The fourth-order valence-corrected chi connectivity index (χ4v) is 3.36. The minimum Gasteiger partial charge on any atom is -0.497 e. The number of likely N-dealkylation sites (tertiary alicyclic amines) is 1. The molecule has 1 heterocycles. The van der Waals surface area contributed by atoms with Crippen molar-refractivity contribution in [2.45, 2.75) is 26.2 Å². The van der Waals surface area contributed by atoms with Crippen molar-refractivity contribution in [2.75, 3.05) is 32.6 Å². The largest absolute Gasteiger partial charge is 0.497 e. The first-order chi connectivity index (χ1) is 12.0. The van der Waals surface area contributed by atoms with E-state index in [-0.39, 0.29) is 23.7 Å². The molecule has 2 fully saturated rings. The van der Waals surface area contributed by atoms with Gasteiger partial charge in [0.25, 0.3) is 0 Å². The Balaban J connectivity index is 1.59. The molecular weight excluding hydrogens is 320 g/mol. The number of rotatable bonds is 5. The Morgan fingerprint density at radius 1 is 1.12 bits per heavy atom. The average Bonchev–Trinajstić information content (AvgIpc) is 3.42. The molecule has 6 nitrogen and oxygen atoms in total. The van der Waals surface area contributed by atoms with Crippen LogP contribution in [-0.2, 0) is 9.59 Å². The van der Waals surface area contributed by atoms with Gasteiger partial charge in [-0.1, -0.05) is 6.92 Å². The van der Waals surface area contributed by atoms with E-state index in [4.69, 9.17) is 9.47 Å². The Kier molecular flexibility index (Phi) is 5.16. The van der Waals surface area contributed by atoms with E-state index in [1.807, 2.05) is 4.90 Å². The topological polar surface area (TPSA) is 67.9 Å². The van der Waals surface area contributed by atoms with Gasteiger partial charge in [0.1, 0.15) is 11.5 Å². The highest BCUT2D eigenvalue weighted by molar-refractivity contribution is 6.00. The molecule has 1 saturated heterocycles. The van der Waals surface area contributed by atoms with Crippen molar-refractivity contribution >= 4 is 17.5 Å². The average molecular weight is 346 g/mol. The molecular formula is C19H26N2O4. The Morgan fingerprint density at radius 3 is 2.48 bits per heavy atom. The summed E-state index contributed by atoms with van der Waals surface area (Å²) in [5.74, 6) is 1.47. The highest BCUT2D eigenvalue weighted by atomic mass is 16.5. The first-order valence-corrected chi connectivity index (χ1v) is 8.85. The molecule has 1 aromatic rings. The van der Waals surface area contributed by atoms with Crippen LogP contribution in [0, 0.1) is 17.8 Å². The van der Waals surface area contributed by atoms with Crippen molar-refractivity contribution in [3.05, 3.63) is 18.2 Å². The summed E-state index contributed by atoms with van der Waals surface area (Å²) in [5.41, 5.74) is 0.566. The number of piperidine rings is 1. The number of hydrogen-bond acceptors (Lipinski definition) is 4. The Bertz CT molecular complexity index is 653. The molecule has 0 bridgehead atoms. The third-order valence-electron chi connectivity index (χ3n) is 5.20. The molecule has 1 N–H and O–H groups in total. The number of hydrogen-bond donors (Lipinski definition) is 1. The number of nitrogens with one attached hydrogen (secondary N) is 1. The number of carbonyl (C=O) groups is 2. The summed E-state index contributed by atoms with van der Waals surface area (Å²) >= 11 is 0. The molecule has 2 amide bonds. The van der Waals surface area contributed by atoms with Crippen LogP contribution >= 0.6 is 0 Å². The number of methoxy groups -OCH3 is 2. The van der Waals surface area contributed by atoms with Gasteiger partial charge in [-0.3, -0.25) is 9.59 Å². The molecule has 0 spiro atoms. The molecule has 136 valence electrons. The lowest BCUT2D eigenvalue weighted by molar-refractivity contribution is -0.135. The SMILES string of the molecule is COc1ccc(OC)c(NC(=O)C2CC2C(=O)N2CCC(C)CC2)c1. The van der Waals surface area contributed by atoms with Crippen LogP contribution in [0.25, 0.3) is 0 Å². The van der Waals surface area contributed by atoms with Gasteiger partial charge in [0.05, 0.1) is 31.7 Å². The predicted octanol–water partition coefficient (Wildman–Crippen LogP) is 2.54. The van der Waals surface area contributed by atoms with E-state index in [2.05, 4.69) is 12.2 Å². The zero-order chi connectivity index (χ0) is 18.0. The van der Waals surface area contributed by atoms with Gasteiger partial charge in [0, 0.05) is 19.2 Å². The lowest BCUT2D eigenvalue weighted by atomic mass is 9.99. The molecule has 0 aromatic heterocycles. The van der Waals surface area contributed by atoms with Crippen molar-refractivity contribution in [2.24, 2.45) is 17.8 Å². The van der Waals surface area contributed by atoms with Gasteiger partial charge < -0.3 is 19.7 Å². The zero-order valence-electron chi connectivity index (χ0n) is 15.1. The summed E-state index contributed by atoms with van der Waals surface area (Å²) in [5, 5.41) is 2.88. The van der Waals surface area contributed by atoms with E-state index < -0.39 is 0 Å². The summed E-state index contributed by atoms with van der Waals surface area (Å²) in [6.07, 6.45) is 2.73. The zero-order valence-corrected chi connectivity index (χ0v) is 15.1. The summed E-state index contributed by atoms with van der Waals surface area (Å²) in [6, 6.07) is 5.25. The molecule has 6 heteroatoms. The standard InChI is InChI=1S/C19H26N2O4/c1-12-6-8-21(9-7-12)19(23)15-11-14(15)18(22)20-16-10-13(24-2)4-5-17(16)25-3/h4-5,10,12,14-15H,6-9,11H2,1-3H3,(H,20,22). The van der Waals surface area contributed by atoms with E-state index in [1.54, 1.807) is 32.4 Å². The van der Waals surface area contributed by atoms with Crippen molar-refractivity contribution < 1.29 is 19.1 Å². The van der Waals surface area contributed by atoms with Gasteiger partial charge in [-0.2, -0.15) is 0 Å². The van der Waals surface area contributed by atoms with E-state index in [1.165, 1.54) is 0 Å². The first-order valence-electron chi connectivity index (χ1n) is 8.85. The van der Waals surface area contributed by atoms with Crippen LogP contribution in [0.2, 0.25) is 0 Å². The Labute approximate surface area is 148 Å². The maximum absolute atomic E-state index is 12.6. The third-order valence-corrected chi connectivity index (χ3v) is 5.20. The maximum Gasteiger partial charge on any atom is 0.228 e. The van der Waals surface area contributed by atoms with Crippen LogP contribution in [-0.4, -0.2) is 44.0 Å². The smallest absolute Gasteiger partial charge is 0.228 e. The lowest BCUT2D eigenvalue weighted by Gasteiger charge is -2.30. The van der Waals surface area contributed by atoms with E-state index in [9.17, 15) is 9.59 Å². The summed E-state index contributed by atoms with van der Waals surface area (Å²) in [4.78, 5) is 27.0. The van der Waals surface area contributed by atoms with Crippen LogP contribution in [0.3, 0.4) is 0 Å². The fraction of sp³-hybridized carbons (Fsp3) is 0.579. The van der Waals surface area contributed by atoms with E-state index in [0.717, 1.165) is 25.9 Å². The lowest BCUT2D eigenvalue weighted by Crippen LogP contribution is -2.39. The third kappa shape index (κ3) is 3.89. The molecule has 2 atom stereocenters. The number of ether oxygens (including phenoxy) is 2. The Hall–Kier alpha value is -2.24. The predicted molar refractivity (Wildman–Crippen MR) is 94.8 cm³/mol. The van der Waals surface area contributed by atoms with E-state index >= 15 is 0 Å². The van der Waals surface area contributed by atoms with Crippen molar-refractivity contribution in [1.82, 2.24) is 4.90 Å². The van der Waals surface area contributed by atoms with E-state index in [0.29, 0.717) is 29.5 Å². The first kappa shape index (κ1) is 17.6. The van der Waals surface area contributed by atoms with Crippen molar-refractivity contribution in [3.63, 3.8) is 0 Å². The highest BCUT2D eigenvalue weighted by Gasteiger charge is 2.49. The second kappa shape index (κ2) is 7.33. The molecule has 3 rings (SSSR count). The molecule has 2 unspecified atom stereocenters. The molecule has 1 aliphatic heterocycles. The second-order valence-electron chi connectivity index (χ2n) is 7.01. The van der Waals surface area contributed by atoms with Gasteiger partial charge in [0.2, 0.25) is 11.8 Å². The summed E-state index contributed by atoms with van der Waals surface area (Å²) < 4.78 is 10.5. The van der Waals surface area contributed by atoms with Crippen LogP contribution in [0.1, 0.15) is 26.2 Å². The summed E-state index contributed by atoms with van der Waals surface area (Å²) in [7, 11) is 3.13. The van der Waals surface area contributed by atoms with Gasteiger partial charge in [-0.05, 0) is 37.3 Å². The number of benzene rings is 1.